The molecule has 4 heterocycles. The van der Waals surface area contributed by atoms with Crippen LogP contribution in [-0.4, -0.2) is 87.1 Å². The van der Waals surface area contributed by atoms with Crippen LogP contribution in [0.3, 0.4) is 0 Å². The van der Waals surface area contributed by atoms with E-state index in [1.807, 2.05) is 71.0 Å². The Balaban J connectivity index is 1.65. The van der Waals surface area contributed by atoms with Crippen molar-refractivity contribution in [3.05, 3.63) is 60.2 Å². The molecule has 45 heavy (non-hydrogen) atoms. The fraction of sp³-hybridized carbons (Fsp3) is 0.600. The normalized spacial score (nSPS) is 34.4. The molecule has 0 unspecified atom stereocenters. The summed E-state index contributed by atoms with van der Waals surface area (Å²) in [5.41, 5.74) is -1.32. The number of cyclic esters (lactones) is 1. The fourth-order valence-corrected chi connectivity index (χ4v) is 7.42. The summed E-state index contributed by atoms with van der Waals surface area (Å²) >= 11 is 0. The number of nitrogens with zero attached hydrogens (tertiary/aromatic N) is 2. The molecular weight excluding hydrogens is 574 g/mol. The first-order valence-electron chi connectivity index (χ1n) is 16.2. The zero-order chi connectivity index (χ0) is 32.7. The lowest BCUT2D eigenvalue weighted by atomic mass is 9.77. The van der Waals surface area contributed by atoms with Crippen molar-refractivity contribution in [2.24, 2.45) is 17.8 Å². The molecule has 9 atom stereocenters. The third kappa shape index (κ3) is 5.83. The van der Waals surface area contributed by atoms with Crippen LogP contribution in [0.2, 0.25) is 0 Å². The Morgan fingerprint density at radius 1 is 1.09 bits per heavy atom. The van der Waals surface area contributed by atoms with Gasteiger partial charge in [-0.25, -0.2) is 0 Å². The first kappa shape index (κ1) is 32.9. The maximum atomic E-state index is 14.8. The fourth-order valence-electron chi connectivity index (χ4n) is 7.42. The molecule has 0 bridgehead atoms. The number of nitrogens with one attached hydrogen (secondary N) is 1. The quantitative estimate of drug-likeness (QED) is 0.382. The number of fused-ring (bicyclic) bond motifs is 2. The van der Waals surface area contributed by atoms with Gasteiger partial charge < -0.3 is 29.7 Å². The van der Waals surface area contributed by atoms with E-state index < -0.39 is 65.2 Å². The minimum absolute atomic E-state index is 0.121. The molecule has 5 rings (SSSR count). The van der Waals surface area contributed by atoms with Crippen molar-refractivity contribution in [1.82, 2.24) is 15.1 Å². The van der Waals surface area contributed by atoms with Crippen LogP contribution in [0.1, 0.15) is 72.5 Å². The number of carbonyl (C=O) groups excluding carboxylic acids is 4. The number of benzene rings is 1. The van der Waals surface area contributed by atoms with Crippen LogP contribution < -0.4 is 5.32 Å². The molecule has 1 spiro atoms. The zero-order valence-electron chi connectivity index (χ0n) is 27.1. The van der Waals surface area contributed by atoms with Crippen LogP contribution in [0.15, 0.2) is 54.6 Å². The SMILES string of the molecule is CC[C@H](C)[C@H](CO)N1C(=O)[C@H]2[C@@H]3C(=O)O[C@@H](c4ccccc4)[C@H](C)NC(=O)CC/C=C\[C@@H]3O[C@]23C=CCN(C(C)(C)C)C(=O)[C@H]13. The van der Waals surface area contributed by atoms with Crippen molar-refractivity contribution in [1.29, 1.82) is 0 Å². The van der Waals surface area contributed by atoms with E-state index in [0.717, 1.165) is 0 Å². The van der Waals surface area contributed by atoms with E-state index in [-0.39, 0.29) is 30.8 Å². The highest BCUT2D eigenvalue weighted by atomic mass is 16.6. The molecule has 2 fully saturated rings. The van der Waals surface area contributed by atoms with E-state index in [1.165, 1.54) is 4.90 Å². The second-order valence-electron chi connectivity index (χ2n) is 13.8. The number of allylic oxidation sites excluding steroid dienone is 1. The Morgan fingerprint density at radius 2 is 1.80 bits per heavy atom. The maximum Gasteiger partial charge on any atom is 0.313 e. The third-order valence-electron chi connectivity index (χ3n) is 9.94. The molecule has 10 nitrogen and oxygen atoms in total. The van der Waals surface area contributed by atoms with Crippen molar-refractivity contribution in [2.75, 3.05) is 13.2 Å². The van der Waals surface area contributed by atoms with E-state index in [9.17, 15) is 24.3 Å². The van der Waals surface area contributed by atoms with Gasteiger partial charge in [0.1, 0.15) is 23.7 Å². The lowest BCUT2D eigenvalue weighted by Crippen LogP contribution is -2.61. The van der Waals surface area contributed by atoms with Gasteiger partial charge in [0.05, 0.1) is 30.7 Å². The van der Waals surface area contributed by atoms with Gasteiger partial charge in [0.2, 0.25) is 17.7 Å². The zero-order valence-corrected chi connectivity index (χ0v) is 27.1. The lowest BCUT2D eigenvalue weighted by Gasteiger charge is -2.43. The number of hydrogen-bond donors (Lipinski definition) is 2. The highest BCUT2D eigenvalue weighted by molar-refractivity contribution is 5.99. The van der Waals surface area contributed by atoms with E-state index >= 15 is 0 Å². The summed E-state index contributed by atoms with van der Waals surface area (Å²) in [6.07, 6.45) is 6.78. The predicted octanol–water partition coefficient (Wildman–Crippen LogP) is 3.31. The molecular formula is C35H47N3O7. The molecule has 0 aliphatic carbocycles. The van der Waals surface area contributed by atoms with Crippen molar-refractivity contribution in [3.63, 3.8) is 0 Å². The average molecular weight is 622 g/mol. The molecule has 3 amide bonds. The number of hydrogen-bond acceptors (Lipinski definition) is 7. The topological polar surface area (TPSA) is 125 Å². The summed E-state index contributed by atoms with van der Waals surface area (Å²) in [5, 5.41) is 13.6. The van der Waals surface area contributed by atoms with Crippen LogP contribution in [0.25, 0.3) is 0 Å². The number of esters is 1. The highest BCUT2D eigenvalue weighted by Gasteiger charge is 2.73. The molecule has 244 valence electrons. The van der Waals surface area contributed by atoms with Gasteiger partial charge >= 0.3 is 5.97 Å². The largest absolute Gasteiger partial charge is 0.455 e. The molecule has 2 saturated heterocycles. The van der Waals surface area contributed by atoms with Crippen molar-refractivity contribution >= 4 is 23.7 Å². The Hall–Kier alpha value is -3.50. The van der Waals surface area contributed by atoms with Gasteiger partial charge in [0.15, 0.2) is 0 Å². The van der Waals surface area contributed by atoms with Crippen LogP contribution in [0.5, 0.6) is 0 Å². The number of likely N-dealkylation sites (tertiary alicyclic amines) is 1. The van der Waals surface area contributed by atoms with Gasteiger partial charge in [0, 0.05) is 18.5 Å². The predicted molar refractivity (Wildman–Crippen MR) is 167 cm³/mol. The third-order valence-corrected chi connectivity index (χ3v) is 9.94. The summed E-state index contributed by atoms with van der Waals surface area (Å²) in [6, 6.07) is 6.91. The molecule has 2 N–H and O–H groups in total. The van der Waals surface area contributed by atoms with Gasteiger partial charge in [-0.3, -0.25) is 19.2 Å². The van der Waals surface area contributed by atoms with Crippen molar-refractivity contribution in [2.45, 2.75) is 102 Å². The second-order valence-corrected chi connectivity index (χ2v) is 13.8. The molecule has 4 aliphatic heterocycles. The monoisotopic (exact) mass is 621 g/mol. The minimum atomic E-state index is -1.46. The van der Waals surface area contributed by atoms with Crippen molar-refractivity contribution in [3.8, 4) is 0 Å². The first-order valence-corrected chi connectivity index (χ1v) is 16.2. The average Bonchev–Trinajstić information content (AvgIpc) is 3.38. The number of rotatable bonds is 5. The molecule has 0 radical (unpaired) electrons. The van der Waals surface area contributed by atoms with Crippen LogP contribution in [0.4, 0.5) is 0 Å². The molecule has 0 saturated carbocycles. The summed E-state index contributed by atoms with van der Waals surface area (Å²) in [4.78, 5) is 59.7. The summed E-state index contributed by atoms with van der Waals surface area (Å²) in [5.74, 6) is -3.76. The summed E-state index contributed by atoms with van der Waals surface area (Å²) < 4.78 is 13.0. The Kier molecular flexibility index (Phi) is 9.29. The second kappa shape index (κ2) is 12.7. The maximum absolute atomic E-state index is 14.8. The van der Waals surface area contributed by atoms with E-state index in [1.54, 1.807) is 30.1 Å². The van der Waals surface area contributed by atoms with Crippen LogP contribution in [-0.2, 0) is 28.7 Å². The Bertz CT molecular complexity index is 1350. The standard InChI is InChI=1S/C35H47N3O7/c1-7-21(2)24(20-39)38-30-32(42)37(34(4,5)6)19-13-18-35(30)28(31(38)41)27-25(45-35)16-11-12-17-26(40)36-22(3)29(44-33(27)43)23-14-9-8-10-15-23/h8-11,13-16,18,21-22,24-25,27-30,39H,7,12,17,19-20H2,1-6H3,(H,36,40)/b16-11-/t21-,22-,24-,25-,27+,28+,29+,30-,35+/m0/s1. The highest BCUT2D eigenvalue weighted by Crippen LogP contribution is 2.54. The van der Waals surface area contributed by atoms with Gasteiger partial charge in [0.25, 0.3) is 0 Å². The van der Waals surface area contributed by atoms with Crippen molar-refractivity contribution < 1.29 is 33.8 Å². The van der Waals surface area contributed by atoms with Gasteiger partial charge in [-0.05, 0) is 45.6 Å². The van der Waals surface area contributed by atoms with E-state index in [2.05, 4.69) is 5.32 Å². The Morgan fingerprint density at radius 3 is 2.44 bits per heavy atom. The lowest BCUT2D eigenvalue weighted by molar-refractivity contribution is -0.163. The molecule has 0 aromatic heterocycles. The molecule has 1 aromatic rings. The number of aliphatic hydroxyl groups excluding tert-OH is 1. The van der Waals surface area contributed by atoms with Crippen LogP contribution >= 0.6 is 0 Å². The first-order chi connectivity index (χ1) is 21.4. The number of ether oxygens (including phenoxy) is 2. The number of aliphatic hydroxyl groups is 1. The molecule has 1 aromatic carbocycles. The number of carbonyl (C=O) groups is 4. The minimum Gasteiger partial charge on any atom is -0.455 e. The van der Waals surface area contributed by atoms with E-state index in [4.69, 9.17) is 9.47 Å². The van der Waals surface area contributed by atoms with Gasteiger partial charge in [-0.2, -0.15) is 0 Å². The molecule has 4 aliphatic rings. The van der Waals surface area contributed by atoms with Crippen LogP contribution in [0, 0.1) is 17.8 Å². The smallest absolute Gasteiger partial charge is 0.313 e. The Labute approximate surface area is 265 Å². The molecule has 10 heteroatoms. The van der Waals surface area contributed by atoms with E-state index in [0.29, 0.717) is 24.9 Å². The van der Waals surface area contributed by atoms with Gasteiger partial charge in [-0.15, -0.1) is 0 Å². The van der Waals surface area contributed by atoms with Gasteiger partial charge in [-0.1, -0.05) is 74.9 Å². The number of amides is 3. The summed E-state index contributed by atoms with van der Waals surface area (Å²) in [6.45, 7) is 11.5. The summed E-state index contributed by atoms with van der Waals surface area (Å²) in [7, 11) is 0.